The van der Waals surface area contributed by atoms with Crippen LogP contribution in [0.25, 0.3) is 5.65 Å². The summed E-state index contributed by atoms with van der Waals surface area (Å²) in [6, 6.07) is 14.1. The maximum absolute atomic E-state index is 12.4. The first-order valence-electron chi connectivity index (χ1n) is 6.25. The van der Waals surface area contributed by atoms with E-state index in [1.54, 1.807) is 40.8 Å². The summed E-state index contributed by atoms with van der Waals surface area (Å²) >= 11 is 0. The van der Waals surface area contributed by atoms with Crippen molar-refractivity contribution in [2.24, 2.45) is 0 Å². The summed E-state index contributed by atoms with van der Waals surface area (Å²) < 4.78 is 1.70. The maximum Gasteiger partial charge on any atom is 0.251 e. The van der Waals surface area contributed by atoms with Crippen molar-refractivity contribution < 1.29 is 9.59 Å². The summed E-state index contributed by atoms with van der Waals surface area (Å²) in [5.41, 5.74) is 2.21. The zero-order valence-electron chi connectivity index (χ0n) is 10.9. The SMILES string of the molecule is Cc1cccc2ncc(C(=O)C(=O)c3ccccc3)n12. The van der Waals surface area contributed by atoms with Crippen molar-refractivity contribution in [1.82, 2.24) is 9.38 Å². The molecular weight excluding hydrogens is 252 g/mol. The van der Waals surface area contributed by atoms with Crippen LogP contribution in [0.4, 0.5) is 0 Å². The smallest absolute Gasteiger partial charge is 0.251 e. The predicted octanol–water partition coefficient (Wildman–Crippen LogP) is 2.71. The van der Waals surface area contributed by atoms with Crippen molar-refractivity contribution in [3.63, 3.8) is 0 Å². The van der Waals surface area contributed by atoms with Crippen molar-refractivity contribution in [3.8, 4) is 0 Å². The second kappa shape index (κ2) is 4.74. The highest BCUT2D eigenvalue weighted by molar-refractivity contribution is 6.48. The van der Waals surface area contributed by atoms with Gasteiger partial charge < -0.3 is 0 Å². The van der Waals surface area contributed by atoms with E-state index in [4.69, 9.17) is 0 Å². The van der Waals surface area contributed by atoms with Gasteiger partial charge in [0.1, 0.15) is 11.3 Å². The Balaban J connectivity index is 2.08. The molecule has 4 nitrogen and oxygen atoms in total. The summed E-state index contributed by atoms with van der Waals surface area (Å²) in [6.45, 7) is 1.87. The van der Waals surface area contributed by atoms with Crippen LogP contribution in [0.1, 0.15) is 26.5 Å². The standard InChI is InChI=1S/C16H12N2O2/c1-11-6-5-9-14-17-10-13(18(11)14)16(20)15(19)12-7-3-2-4-8-12/h2-10H,1H3. The van der Waals surface area contributed by atoms with Crippen LogP contribution in [-0.4, -0.2) is 21.0 Å². The molecule has 3 rings (SSSR count). The first-order chi connectivity index (χ1) is 9.68. The van der Waals surface area contributed by atoms with Gasteiger partial charge in [-0.15, -0.1) is 0 Å². The molecule has 0 amide bonds. The molecule has 0 radical (unpaired) electrons. The molecule has 20 heavy (non-hydrogen) atoms. The van der Waals surface area contributed by atoms with Crippen LogP contribution in [0.2, 0.25) is 0 Å². The van der Waals surface area contributed by atoms with Crippen molar-refractivity contribution in [2.45, 2.75) is 6.92 Å². The van der Waals surface area contributed by atoms with Crippen LogP contribution in [0.5, 0.6) is 0 Å². The minimum absolute atomic E-state index is 0.298. The zero-order valence-corrected chi connectivity index (χ0v) is 10.9. The highest BCUT2D eigenvalue weighted by Gasteiger charge is 2.22. The van der Waals surface area contributed by atoms with Gasteiger partial charge in [0.25, 0.3) is 5.78 Å². The van der Waals surface area contributed by atoms with Gasteiger partial charge in [0.05, 0.1) is 6.20 Å². The van der Waals surface area contributed by atoms with E-state index in [-0.39, 0.29) is 0 Å². The molecule has 2 aromatic heterocycles. The van der Waals surface area contributed by atoms with Gasteiger partial charge in [-0.3, -0.25) is 14.0 Å². The van der Waals surface area contributed by atoms with Gasteiger partial charge in [-0.1, -0.05) is 36.4 Å². The first kappa shape index (κ1) is 12.3. The second-order valence-electron chi connectivity index (χ2n) is 4.53. The number of benzene rings is 1. The number of hydrogen-bond acceptors (Lipinski definition) is 3. The fourth-order valence-electron chi connectivity index (χ4n) is 2.20. The molecule has 0 saturated heterocycles. The Hall–Kier alpha value is -2.75. The summed E-state index contributed by atoms with van der Waals surface area (Å²) in [6.07, 6.45) is 1.45. The lowest BCUT2D eigenvalue weighted by molar-refractivity contribution is 0.0813. The molecule has 3 aromatic rings. The van der Waals surface area contributed by atoms with Gasteiger partial charge >= 0.3 is 0 Å². The predicted molar refractivity (Wildman–Crippen MR) is 75.0 cm³/mol. The van der Waals surface area contributed by atoms with E-state index < -0.39 is 11.6 Å². The maximum atomic E-state index is 12.4. The van der Waals surface area contributed by atoms with Crippen LogP contribution < -0.4 is 0 Å². The Labute approximate surface area is 115 Å². The second-order valence-corrected chi connectivity index (χ2v) is 4.53. The number of carbonyl (C=O) groups excluding carboxylic acids is 2. The van der Waals surface area contributed by atoms with Gasteiger partial charge in [0, 0.05) is 11.3 Å². The lowest BCUT2D eigenvalue weighted by atomic mass is 10.1. The minimum atomic E-state index is -0.544. The number of rotatable bonds is 3. The molecule has 0 N–H and O–H groups in total. The van der Waals surface area contributed by atoms with E-state index in [9.17, 15) is 9.59 Å². The Bertz CT molecular complexity index is 804. The van der Waals surface area contributed by atoms with Crippen molar-refractivity contribution in [2.75, 3.05) is 0 Å². The molecule has 0 aliphatic heterocycles. The highest BCUT2D eigenvalue weighted by Crippen LogP contribution is 2.13. The molecule has 98 valence electrons. The van der Waals surface area contributed by atoms with Gasteiger partial charge in [-0.2, -0.15) is 0 Å². The van der Waals surface area contributed by atoms with Crippen molar-refractivity contribution in [3.05, 3.63) is 71.7 Å². The molecule has 0 unspecified atom stereocenters. The lowest BCUT2D eigenvalue weighted by Gasteiger charge is -2.04. The normalized spacial score (nSPS) is 10.7. The van der Waals surface area contributed by atoms with Crippen molar-refractivity contribution >= 4 is 17.2 Å². The summed E-state index contributed by atoms with van der Waals surface area (Å²) in [7, 11) is 0. The molecule has 0 bridgehead atoms. The Kier molecular flexibility index (Phi) is 2.91. The number of aryl methyl sites for hydroxylation is 1. The van der Waals surface area contributed by atoms with E-state index in [1.807, 2.05) is 19.1 Å². The third kappa shape index (κ3) is 1.91. The molecule has 2 heterocycles. The number of pyridine rings is 1. The minimum Gasteiger partial charge on any atom is -0.294 e. The van der Waals surface area contributed by atoms with Crippen LogP contribution in [0.3, 0.4) is 0 Å². The molecule has 0 spiro atoms. The van der Waals surface area contributed by atoms with E-state index in [2.05, 4.69) is 4.98 Å². The molecule has 0 fully saturated rings. The molecule has 0 saturated carbocycles. The van der Waals surface area contributed by atoms with Crippen LogP contribution in [0, 0.1) is 6.92 Å². The third-order valence-electron chi connectivity index (χ3n) is 3.20. The summed E-state index contributed by atoms with van der Waals surface area (Å²) in [5.74, 6) is -1.06. The fourth-order valence-corrected chi connectivity index (χ4v) is 2.20. The summed E-state index contributed by atoms with van der Waals surface area (Å²) in [5, 5.41) is 0. The van der Waals surface area contributed by atoms with Gasteiger partial charge in [-0.05, 0) is 19.1 Å². The van der Waals surface area contributed by atoms with Gasteiger partial charge in [0.15, 0.2) is 0 Å². The zero-order chi connectivity index (χ0) is 14.1. The average molecular weight is 264 g/mol. The molecule has 1 aromatic carbocycles. The lowest BCUT2D eigenvalue weighted by Crippen LogP contribution is -2.17. The van der Waals surface area contributed by atoms with Gasteiger partial charge in [0.2, 0.25) is 5.78 Å². The first-order valence-corrected chi connectivity index (χ1v) is 6.25. The van der Waals surface area contributed by atoms with Crippen LogP contribution >= 0.6 is 0 Å². The molecular formula is C16H12N2O2. The largest absolute Gasteiger partial charge is 0.294 e. The monoisotopic (exact) mass is 264 g/mol. The average Bonchev–Trinajstić information content (AvgIpc) is 2.92. The number of fused-ring (bicyclic) bond motifs is 1. The molecule has 4 heteroatoms. The molecule has 0 aliphatic rings. The quantitative estimate of drug-likeness (QED) is 0.540. The topological polar surface area (TPSA) is 51.4 Å². The van der Waals surface area contributed by atoms with E-state index in [1.165, 1.54) is 6.20 Å². The number of ketones is 2. The number of hydrogen-bond donors (Lipinski definition) is 0. The number of carbonyl (C=O) groups is 2. The van der Waals surface area contributed by atoms with E-state index in [0.717, 1.165) is 5.69 Å². The number of aromatic nitrogens is 2. The number of imidazole rings is 1. The Morgan fingerprint density at radius 3 is 2.45 bits per heavy atom. The van der Waals surface area contributed by atoms with E-state index in [0.29, 0.717) is 16.9 Å². The third-order valence-corrected chi connectivity index (χ3v) is 3.20. The van der Waals surface area contributed by atoms with Crippen LogP contribution in [-0.2, 0) is 0 Å². The number of Topliss-reactive ketones (excluding diaryl/α,β-unsaturated/α-hetero) is 2. The summed E-state index contributed by atoms with van der Waals surface area (Å²) in [4.78, 5) is 28.7. The Morgan fingerprint density at radius 2 is 1.70 bits per heavy atom. The number of nitrogens with zero attached hydrogens (tertiary/aromatic N) is 2. The Morgan fingerprint density at radius 1 is 0.950 bits per heavy atom. The van der Waals surface area contributed by atoms with Gasteiger partial charge in [-0.25, -0.2) is 4.98 Å². The van der Waals surface area contributed by atoms with Crippen molar-refractivity contribution in [1.29, 1.82) is 0 Å². The molecule has 0 aliphatic carbocycles. The van der Waals surface area contributed by atoms with E-state index >= 15 is 0 Å². The van der Waals surface area contributed by atoms with Crippen LogP contribution in [0.15, 0.2) is 54.7 Å². The molecule has 0 atom stereocenters. The fraction of sp³-hybridized carbons (Fsp3) is 0.0625. The highest BCUT2D eigenvalue weighted by atomic mass is 16.2.